The summed E-state index contributed by atoms with van der Waals surface area (Å²) in [7, 11) is 0. The minimum Gasteiger partial charge on any atom is -0.367 e. The van der Waals surface area contributed by atoms with E-state index in [0.29, 0.717) is 24.3 Å². The molecule has 0 bridgehead atoms. The number of pyridine rings is 1. The highest BCUT2D eigenvalue weighted by Crippen LogP contribution is 2.18. The lowest BCUT2D eigenvalue weighted by molar-refractivity contribution is -0.176. The highest BCUT2D eigenvalue weighted by atomic mass is 19.4. The molecule has 6 nitrogen and oxygen atoms in total. The Hall–Kier alpha value is -2.94. The average Bonchev–Trinajstić information content (AvgIpc) is 3.06. The predicted octanol–water partition coefficient (Wildman–Crippen LogP) is 3.24. The second-order valence-corrected chi connectivity index (χ2v) is 6.57. The van der Waals surface area contributed by atoms with Gasteiger partial charge >= 0.3 is 6.18 Å². The van der Waals surface area contributed by atoms with Gasteiger partial charge in [-0.15, -0.1) is 0 Å². The van der Waals surface area contributed by atoms with E-state index in [1.54, 1.807) is 29.1 Å². The van der Waals surface area contributed by atoms with Crippen molar-refractivity contribution in [1.29, 1.82) is 0 Å². The molecule has 0 aliphatic rings. The van der Waals surface area contributed by atoms with Crippen LogP contribution < -0.4 is 5.32 Å². The van der Waals surface area contributed by atoms with E-state index in [2.05, 4.69) is 20.1 Å². The van der Waals surface area contributed by atoms with Crippen LogP contribution in [0.5, 0.6) is 0 Å². The third-order valence-electron chi connectivity index (χ3n) is 4.17. The smallest absolute Gasteiger partial charge is 0.367 e. The maximum atomic E-state index is 12.1. The Balaban J connectivity index is 1.66. The van der Waals surface area contributed by atoms with Crippen LogP contribution in [0.25, 0.3) is 10.9 Å². The van der Waals surface area contributed by atoms with Gasteiger partial charge < -0.3 is 10.1 Å². The summed E-state index contributed by atoms with van der Waals surface area (Å²) in [5, 5.41) is 8.09. The molecular weight excluding hydrogens is 385 g/mol. The van der Waals surface area contributed by atoms with Crippen molar-refractivity contribution in [1.82, 2.24) is 20.1 Å². The van der Waals surface area contributed by atoms with Gasteiger partial charge in [-0.25, -0.2) is 0 Å². The molecule has 1 N–H and O–H groups in total. The van der Waals surface area contributed by atoms with Crippen LogP contribution in [0.4, 0.5) is 13.2 Å². The van der Waals surface area contributed by atoms with Gasteiger partial charge in [-0.1, -0.05) is 24.3 Å². The van der Waals surface area contributed by atoms with Crippen molar-refractivity contribution in [3.05, 3.63) is 59.5 Å². The van der Waals surface area contributed by atoms with Gasteiger partial charge in [-0.05, 0) is 24.1 Å². The lowest BCUT2D eigenvalue weighted by Gasteiger charge is -2.08. The number of alkyl halides is 3. The van der Waals surface area contributed by atoms with Gasteiger partial charge in [0.1, 0.15) is 6.61 Å². The van der Waals surface area contributed by atoms with E-state index in [0.717, 1.165) is 16.5 Å². The van der Waals surface area contributed by atoms with Crippen LogP contribution in [-0.4, -0.2) is 40.0 Å². The number of rotatable bonds is 8. The first-order valence-corrected chi connectivity index (χ1v) is 9.14. The van der Waals surface area contributed by atoms with Crippen molar-refractivity contribution in [2.75, 3.05) is 13.2 Å². The minimum atomic E-state index is -4.33. The van der Waals surface area contributed by atoms with E-state index < -0.39 is 12.8 Å². The fraction of sp³-hybridized carbons (Fsp3) is 0.350. The first-order chi connectivity index (χ1) is 13.8. The van der Waals surface area contributed by atoms with Crippen molar-refractivity contribution in [3.8, 4) is 0 Å². The van der Waals surface area contributed by atoms with Crippen LogP contribution in [0.1, 0.15) is 23.7 Å². The fourth-order valence-corrected chi connectivity index (χ4v) is 2.90. The van der Waals surface area contributed by atoms with Crippen LogP contribution in [0.15, 0.2) is 42.7 Å². The first kappa shape index (κ1) is 20.8. The molecule has 0 saturated carbocycles. The van der Waals surface area contributed by atoms with Crippen LogP contribution in [0, 0.1) is 0 Å². The van der Waals surface area contributed by atoms with Crippen molar-refractivity contribution in [2.45, 2.75) is 32.7 Å². The Morgan fingerprint density at radius 2 is 1.90 bits per heavy atom. The maximum Gasteiger partial charge on any atom is 0.411 e. The molecule has 29 heavy (non-hydrogen) atoms. The number of carbonyl (C=O) groups is 1. The lowest BCUT2D eigenvalue weighted by atomic mass is 10.1. The summed E-state index contributed by atoms with van der Waals surface area (Å²) < 4.78 is 42.8. The molecule has 2 aromatic heterocycles. The van der Waals surface area contributed by atoms with Gasteiger partial charge in [0.05, 0.1) is 30.8 Å². The van der Waals surface area contributed by atoms with E-state index in [1.807, 2.05) is 25.3 Å². The fourth-order valence-electron chi connectivity index (χ4n) is 2.90. The summed E-state index contributed by atoms with van der Waals surface area (Å²) in [5.74, 6) is -0.0939. The molecule has 0 spiro atoms. The van der Waals surface area contributed by atoms with E-state index >= 15 is 0 Å². The summed E-state index contributed by atoms with van der Waals surface area (Å²) in [6, 6.07) is 8.90. The maximum absolute atomic E-state index is 12.1. The number of aromatic nitrogens is 3. The largest absolute Gasteiger partial charge is 0.411 e. The van der Waals surface area contributed by atoms with Gasteiger partial charge in [-0.2, -0.15) is 18.3 Å². The number of nitrogens with zero attached hydrogens (tertiary/aromatic N) is 3. The van der Waals surface area contributed by atoms with Crippen LogP contribution >= 0.6 is 0 Å². The van der Waals surface area contributed by atoms with Crippen molar-refractivity contribution >= 4 is 16.8 Å². The third-order valence-corrected chi connectivity index (χ3v) is 4.17. The van der Waals surface area contributed by atoms with Gasteiger partial charge in [0.25, 0.3) is 0 Å². The Labute approximate surface area is 165 Å². The SMILES string of the molecule is CCNC(=O)Cc1nccc2nn(Cc3ccc(COCC(F)(F)F)cc3)cc12. The number of amides is 1. The van der Waals surface area contributed by atoms with Crippen molar-refractivity contribution in [2.24, 2.45) is 0 Å². The van der Waals surface area contributed by atoms with Gasteiger partial charge in [0.2, 0.25) is 5.91 Å². The number of halogens is 3. The molecular formula is C20H21F3N4O2. The van der Waals surface area contributed by atoms with E-state index in [4.69, 9.17) is 0 Å². The van der Waals surface area contributed by atoms with Crippen LogP contribution in [0.2, 0.25) is 0 Å². The number of hydrogen-bond donors (Lipinski definition) is 1. The van der Waals surface area contributed by atoms with E-state index in [-0.39, 0.29) is 18.9 Å². The summed E-state index contributed by atoms with van der Waals surface area (Å²) in [4.78, 5) is 16.2. The number of hydrogen-bond acceptors (Lipinski definition) is 4. The van der Waals surface area contributed by atoms with Crippen LogP contribution in [0.3, 0.4) is 0 Å². The highest BCUT2D eigenvalue weighted by molar-refractivity contribution is 5.86. The standard InChI is InChI=1S/C20H21F3N4O2/c1-2-24-19(28)9-18-16-11-27(26-17(16)7-8-25-18)10-14-3-5-15(6-4-14)12-29-13-20(21,22)23/h3-8,11H,2,9-10,12-13H2,1H3,(H,24,28). The normalized spacial score (nSPS) is 11.7. The first-order valence-electron chi connectivity index (χ1n) is 9.14. The van der Waals surface area contributed by atoms with Crippen molar-refractivity contribution in [3.63, 3.8) is 0 Å². The molecule has 3 rings (SSSR count). The summed E-state index contributed by atoms with van der Waals surface area (Å²) in [6.45, 7) is 1.55. The zero-order chi connectivity index (χ0) is 20.9. The molecule has 0 aliphatic heterocycles. The van der Waals surface area contributed by atoms with Gasteiger partial charge in [-0.3, -0.25) is 14.5 Å². The number of benzene rings is 1. The molecule has 2 heterocycles. The molecule has 0 unspecified atom stereocenters. The van der Waals surface area contributed by atoms with E-state index in [1.165, 1.54) is 0 Å². The average molecular weight is 406 g/mol. The summed E-state index contributed by atoms with van der Waals surface area (Å²) >= 11 is 0. The molecule has 0 saturated heterocycles. The molecule has 0 atom stereocenters. The Bertz CT molecular complexity index is 968. The second kappa shape index (κ2) is 9.04. The highest BCUT2D eigenvalue weighted by Gasteiger charge is 2.27. The molecule has 1 aromatic carbocycles. The number of likely N-dealkylation sites (N-methyl/N-ethyl adjacent to an activating group) is 1. The second-order valence-electron chi connectivity index (χ2n) is 6.57. The third kappa shape index (κ3) is 6.02. The number of carbonyl (C=O) groups excluding carboxylic acids is 1. The Morgan fingerprint density at radius 3 is 2.59 bits per heavy atom. The number of nitrogens with one attached hydrogen (secondary N) is 1. The van der Waals surface area contributed by atoms with Gasteiger partial charge in [0.15, 0.2) is 0 Å². The summed E-state index contributed by atoms with van der Waals surface area (Å²) in [5.41, 5.74) is 3.01. The topological polar surface area (TPSA) is 69.0 Å². The molecule has 1 amide bonds. The summed E-state index contributed by atoms with van der Waals surface area (Å²) in [6.07, 6.45) is -0.669. The quantitative estimate of drug-likeness (QED) is 0.624. The molecule has 0 aliphatic carbocycles. The number of fused-ring (bicyclic) bond motifs is 1. The number of ether oxygens (including phenoxy) is 1. The lowest BCUT2D eigenvalue weighted by Crippen LogP contribution is -2.24. The van der Waals surface area contributed by atoms with Crippen LogP contribution in [-0.2, 0) is 29.1 Å². The van der Waals surface area contributed by atoms with Gasteiger partial charge in [0, 0.05) is 24.3 Å². The molecule has 154 valence electrons. The minimum absolute atomic E-state index is 0.0939. The zero-order valence-corrected chi connectivity index (χ0v) is 15.9. The van der Waals surface area contributed by atoms with Crippen molar-refractivity contribution < 1.29 is 22.7 Å². The monoisotopic (exact) mass is 406 g/mol. The predicted molar refractivity (Wildman–Crippen MR) is 101 cm³/mol. The zero-order valence-electron chi connectivity index (χ0n) is 15.9. The van der Waals surface area contributed by atoms with E-state index in [9.17, 15) is 18.0 Å². The molecule has 0 radical (unpaired) electrons. The molecule has 0 fully saturated rings. The molecule has 3 aromatic rings. The Morgan fingerprint density at radius 1 is 1.17 bits per heavy atom. The Kier molecular flexibility index (Phi) is 6.48. The molecule has 9 heteroatoms.